The molecule has 3 rings (SSSR count). The lowest BCUT2D eigenvalue weighted by Gasteiger charge is -2.27. The SMILES string of the molecule is O=C(c1ccccc1Cc1ccc(Cl)cc1)N1CCOCC1. The number of benzene rings is 2. The van der Waals surface area contributed by atoms with Crippen molar-refractivity contribution in [2.24, 2.45) is 0 Å². The average Bonchev–Trinajstić information content (AvgIpc) is 2.58. The second-order valence-electron chi connectivity index (χ2n) is 5.36. The van der Waals surface area contributed by atoms with E-state index < -0.39 is 0 Å². The minimum atomic E-state index is 0.0906. The van der Waals surface area contributed by atoms with Crippen molar-refractivity contribution in [2.45, 2.75) is 6.42 Å². The first kappa shape index (κ1) is 15.1. The van der Waals surface area contributed by atoms with E-state index in [0.29, 0.717) is 26.3 Å². The molecule has 22 heavy (non-hydrogen) atoms. The average molecular weight is 316 g/mol. The molecule has 1 fully saturated rings. The van der Waals surface area contributed by atoms with E-state index in [0.717, 1.165) is 28.1 Å². The lowest BCUT2D eigenvalue weighted by molar-refractivity contribution is 0.0302. The third-order valence-corrected chi connectivity index (χ3v) is 4.11. The number of carbonyl (C=O) groups is 1. The second kappa shape index (κ2) is 6.95. The van der Waals surface area contributed by atoms with Crippen LogP contribution in [0.5, 0.6) is 0 Å². The zero-order valence-electron chi connectivity index (χ0n) is 12.3. The Kier molecular flexibility index (Phi) is 4.76. The van der Waals surface area contributed by atoms with Crippen molar-refractivity contribution >= 4 is 17.5 Å². The van der Waals surface area contributed by atoms with Gasteiger partial charge in [0.2, 0.25) is 0 Å². The maximum Gasteiger partial charge on any atom is 0.254 e. The normalized spacial score (nSPS) is 14.9. The first-order chi connectivity index (χ1) is 10.7. The van der Waals surface area contributed by atoms with Crippen LogP contribution in [0.2, 0.25) is 5.02 Å². The number of amides is 1. The summed E-state index contributed by atoms with van der Waals surface area (Å²) in [6, 6.07) is 15.6. The number of ether oxygens (including phenoxy) is 1. The van der Waals surface area contributed by atoms with Gasteiger partial charge in [-0.1, -0.05) is 41.9 Å². The Hall–Kier alpha value is -1.84. The summed E-state index contributed by atoms with van der Waals surface area (Å²) in [7, 11) is 0. The molecule has 1 saturated heterocycles. The van der Waals surface area contributed by atoms with Crippen molar-refractivity contribution in [3.63, 3.8) is 0 Å². The molecule has 0 atom stereocenters. The van der Waals surface area contributed by atoms with E-state index in [9.17, 15) is 4.79 Å². The van der Waals surface area contributed by atoms with Crippen LogP contribution in [0.25, 0.3) is 0 Å². The third kappa shape index (κ3) is 3.49. The molecular formula is C18H18ClNO2. The number of nitrogens with zero attached hydrogens (tertiary/aromatic N) is 1. The van der Waals surface area contributed by atoms with E-state index in [1.165, 1.54) is 0 Å². The zero-order chi connectivity index (χ0) is 15.4. The van der Waals surface area contributed by atoms with Crippen LogP contribution in [0.4, 0.5) is 0 Å². The van der Waals surface area contributed by atoms with Crippen LogP contribution >= 0.6 is 11.6 Å². The zero-order valence-corrected chi connectivity index (χ0v) is 13.1. The molecule has 4 heteroatoms. The minimum Gasteiger partial charge on any atom is -0.378 e. The highest BCUT2D eigenvalue weighted by Gasteiger charge is 2.20. The van der Waals surface area contributed by atoms with Gasteiger partial charge in [0.05, 0.1) is 13.2 Å². The number of hydrogen-bond donors (Lipinski definition) is 0. The van der Waals surface area contributed by atoms with E-state index in [-0.39, 0.29) is 5.91 Å². The van der Waals surface area contributed by atoms with Gasteiger partial charge in [-0.2, -0.15) is 0 Å². The van der Waals surface area contributed by atoms with Gasteiger partial charge in [0.15, 0.2) is 0 Å². The summed E-state index contributed by atoms with van der Waals surface area (Å²) in [4.78, 5) is 14.6. The lowest BCUT2D eigenvalue weighted by atomic mass is 9.99. The van der Waals surface area contributed by atoms with Crippen LogP contribution in [-0.2, 0) is 11.2 Å². The maximum atomic E-state index is 12.7. The van der Waals surface area contributed by atoms with Gasteiger partial charge in [0.1, 0.15) is 0 Å². The largest absolute Gasteiger partial charge is 0.378 e. The number of halogens is 1. The molecular weight excluding hydrogens is 298 g/mol. The summed E-state index contributed by atoms with van der Waals surface area (Å²) in [6.45, 7) is 2.55. The highest BCUT2D eigenvalue weighted by molar-refractivity contribution is 6.30. The quantitative estimate of drug-likeness (QED) is 0.868. The molecule has 0 unspecified atom stereocenters. The monoisotopic (exact) mass is 315 g/mol. The molecule has 1 amide bonds. The Bertz CT molecular complexity index is 648. The second-order valence-corrected chi connectivity index (χ2v) is 5.80. The van der Waals surface area contributed by atoms with Crippen molar-refractivity contribution < 1.29 is 9.53 Å². The molecule has 1 heterocycles. The highest BCUT2D eigenvalue weighted by Crippen LogP contribution is 2.18. The fourth-order valence-electron chi connectivity index (χ4n) is 2.64. The van der Waals surface area contributed by atoms with Gasteiger partial charge in [-0.25, -0.2) is 0 Å². The molecule has 2 aromatic carbocycles. The third-order valence-electron chi connectivity index (χ3n) is 3.85. The molecule has 0 aliphatic carbocycles. The van der Waals surface area contributed by atoms with Gasteiger partial charge in [0, 0.05) is 23.7 Å². The molecule has 0 saturated carbocycles. The molecule has 1 aliphatic heterocycles. The van der Waals surface area contributed by atoms with Crippen molar-refractivity contribution in [1.82, 2.24) is 4.90 Å². The van der Waals surface area contributed by atoms with Gasteiger partial charge in [-0.15, -0.1) is 0 Å². The molecule has 0 bridgehead atoms. The fraction of sp³-hybridized carbons (Fsp3) is 0.278. The van der Waals surface area contributed by atoms with Crippen LogP contribution < -0.4 is 0 Å². The summed E-state index contributed by atoms with van der Waals surface area (Å²) in [5, 5.41) is 0.724. The smallest absolute Gasteiger partial charge is 0.254 e. The summed E-state index contributed by atoms with van der Waals surface area (Å²) in [6.07, 6.45) is 0.726. The Morgan fingerprint density at radius 2 is 1.73 bits per heavy atom. The number of carbonyl (C=O) groups excluding carboxylic acids is 1. The molecule has 0 N–H and O–H groups in total. The first-order valence-electron chi connectivity index (χ1n) is 7.43. The summed E-state index contributed by atoms with van der Waals surface area (Å²) >= 11 is 5.93. The van der Waals surface area contributed by atoms with Crippen LogP contribution in [-0.4, -0.2) is 37.1 Å². The van der Waals surface area contributed by atoms with E-state index in [1.54, 1.807) is 0 Å². The number of hydrogen-bond acceptors (Lipinski definition) is 2. The number of morpholine rings is 1. The number of rotatable bonds is 3. The van der Waals surface area contributed by atoms with Crippen LogP contribution in [0, 0.1) is 0 Å². The molecule has 2 aromatic rings. The topological polar surface area (TPSA) is 29.5 Å². The Morgan fingerprint density at radius 1 is 1.05 bits per heavy atom. The Labute approximate surface area is 135 Å². The molecule has 3 nitrogen and oxygen atoms in total. The molecule has 0 radical (unpaired) electrons. The van der Waals surface area contributed by atoms with Gasteiger partial charge in [-0.3, -0.25) is 4.79 Å². The summed E-state index contributed by atoms with van der Waals surface area (Å²) < 4.78 is 5.32. The first-order valence-corrected chi connectivity index (χ1v) is 7.81. The van der Waals surface area contributed by atoms with E-state index >= 15 is 0 Å². The highest BCUT2D eigenvalue weighted by atomic mass is 35.5. The Morgan fingerprint density at radius 3 is 2.45 bits per heavy atom. The lowest BCUT2D eigenvalue weighted by Crippen LogP contribution is -2.41. The predicted molar refractivity (Wildman–Crippen MR) is 87.4 cm³/mol. The minimum absolute atomic E-state index is 0.0906. The summed E-state index contributed by atoms with van der Waals surface area (Å²) in [5.41, 5.74) is 2.97. The van der Waals surface area contributed by atoms with Gasteiger partial charge < -0.3 is 9.64 Å². The summed E-state index contributed by atoms with van der Waals surface area (Å²) in [5.74, 6) is 0.0906. The van der Waals surface area contributed by atoms with Crippen LogP contribution in [0.1, 0.15) is 21.5 Å². The molecule has 0 aromatic heterocycles. The van der Waals surface area contributed by atoms with Crippen LogP contribution in [0.3, 0.4) is 0 Å². The van der Waals surface area contributed by atoms with Gasteiger partial charge in [-0.05, 0) is 35.7 Å². The maximum absolute atomic E-state index is 12.7. The Balaban J connectivity index is 1.82. The van der Waals surface area contributed by atoms with E-state index in [2.05, 4.69) is 0 Å². The molecule has 114 valence electrons. The van der Waals surface area contributed by atoms with Crippen molar-refractivity contribution in [1.29, 1.82) is 0 Å². The molecule has 1 aliphatic rings. The molecule has 0 spiro atoms. The predicted octanol–water partition coefficient (Wildman–Crippen LogP) is 3.40. The van der Waals surface area contributed by atoms with E-state index in [1.807, 2.05) is 53.4 Å². The van der Waals surface area contributed by atoms with Crippen LogP contribution in [0.15, 0.2) is 48.5 Å². The van der Waals surface area contributed by atoms with Crippen molar-refractivity contribution in [2.75, 3.05) is 26.3 Å². The van der Waals surface area contributed by atoms with E-state index in [4.69, 9.17) is 16.3 Å². The van der Waals surface area contributed by atoms with Gasteiger partial charge in [0.25, 0.3) is 5.91 Å². The van der Waals surface area contributed by atoms with Crippen molar-refractivity contribution in [3.8, 4) is 0 Å². The fourth-order valence-corrected chi connectivity index (χ4v) is 2.77. The standard InChI is InChI=1S/C18H18ClNO2/c19-16-7-5-14(6-8-16)13-15-3-1-2-4-17(15)18(21)20-9-11-22-12-10-20/h1-8H,9-13H2. The van der Waals surface area contributed by atoms with Gasteiger partial charge >= 0.3 is 0 Å². The van der Waals surface area contributed by atoms with Crippen molar-refractivity contribution in [3.05, 3.63) is 70.2 Å².